The largest absolute Gasteiger partial charge is 0.505 e. The molecule has 0 atom stereocenters. The predicted octanol–water partition coefficient (Wildman–Crippen LogP) is 4.60. The zero-order valence-corrected chi connectivity index (χ0v) is 14.6. The molecular weight excluding hydrogens is 350 g/mol. The summed E-state index contributed by atoms with van der Waals surface area (Å²) in [6.45, 7) is 0. The van der Waals surface area contributed by atoms with Gasteiger partial charge >= 0.3 is 0 Å². The lowest BCUT2D eigenvalue weighted by Gasteiger charge is -2.27. The molecule has 0 saturated heterocycles. The van der Waals surface area contributed by atoms with Crippen LogP contribution >= 0.6 is 0 Å². The summed E-state index contributed by atoms with van der Waals surface area (Å²) in [6, 6.07) is 8.95. The summed E-state index contributed by atoms with van der Waals surface area (Å²) in [7, 11) is 0. The summed E-state index contributed by atoms with van der Waals surface area (Å²) in [4.78, 5) is 4.41. The van der Waals surface area contributed by atoms with Gasteiger partial charge in [0.15, 0.2) is 11.6 Å². The lowest BCUT2D eigenvalue weighted by Crippen LogP contribution is -2.28. The highest BCUT2D eigenvalue weighted by atomic mass is 19.1. The molecule has 0 spiro atoms. The molecule has 2 aromatic carbocycles. The number of aliphatic hydroxyl groups excluding tert-OH is 1. The molecule has 3 aromatic rings. The number of fused-ring (bicyclic) bond motifs is 1. The van der Waals surface area contributed by atoms with Gasteiger partial charge in [0, 0.05) is 17.8 Å². The molecule has 0 radical (unpaired) electrons. The van der Waals surface area contributed by atoms with Crippen LogP contribution in [0.25, 0.3) is 21.9 Å². The van der Waals surface area contributed by atoms with Crippen LogP contribution in [-0.2, 0) is 0 Å². The van der Waals surface area contributed by atoms with E-state index in [2.05, 4.69) is 10.3 Å². The second-order valence-electron chi connectivity index (χ2n) is 7.00. The molecule has 1 fully saturated rings. The number of aliphatic hydroxyl groups is 1. The lowest BCUT2D eigenvalue weighted by atomic mass is 9.93. The number of aromatic hydroxyl groups is 1. The molecule has 0 aliphatic heterocycles. The highest BCUT2D eigenvalue weighted by Crippen LogP contribution is 2.35. The number of phenolic OH excluding ortho intramolecular Hbond substituents is 1. The van der Waals surface area contributed by atoms with E-state index in [4.69, 9.17) is 0 Å². The van der Waals surface area contributed by atoms with Crippen LogP contribution in [0.15, 0.2) is 42.6 Å². The number of nitrogens with one attached hydrogen (secondary N) is 1. The minimum absolute atomic E-state index is 0.126. The van der Waals surface area contributed by atoms with Crippen molar-refractivity contribution < 1.29 is 19.0 Å². The van der Waals surface area contributed by atoms with Crippen LogP contribution < -0.4 is 5.32 Å². The van der Waals surface area contributed by atoms with Gasteiger partial charge in [-0.1, -0.05) is 18.2 Å². The molecule has 1 saturated carbocycles. The minimum Gasteiger partial charge on any atom is -0.505 e. The van der Waals surface area contributed by atoms with E-state index in [9.17, 15) is 19.0 Å². The molecule has 6 heteroatoms. The quantitative estimate of drug-likeness (QED) is 0.630. The smallest absolute Gasteiger partial charge is 0.165 e. The predicted molar refractivity (Wildman–Crippen MR) is 101 cm³/mol. The van der Waals surface area contributed by atoms with Crippen LogP contribution in [0.2, 0.25) is 0 Å². The Morgan fingerprint density at radius 2 is 1.78 bits per heavy atom. The van der Waals surface area contributed by atoms with Gasteiger partial charge in [0.2, 0.25) is 0 Å². The Kier molecular flexibility index (Phi) is 4.66. The van der Waals surface area contributed by atoms with E-state index in [1.54, 1.807) is 24.4 Å². The molecule has 1 heterocycles. The Bertz CT molecular complexity index is 985. The number of hydrogen-bond donors (Lipinski definition) is 3. The van der Waals surface area contributed by atoms with Gasteiger partial charge in [-0.2, -0.15) is 0 Å². The van der Waals surface area contributed by atoms with E-state index in [1.807, 2.05) is 0 Å². The van der Waals surface area contributed by atoms with Crippen molar-refractivity contribution in [3.8, 4) is 16.9 Å². The van der Waals surface area contributed by atoms with Gasteiger partial charge in [-0.3, -0.25) is 0 Å². The van der Waals surface area contributed by atoms with E-state index in [0.29, 0.717) is 40.6 Å². The van der Waals surface area contributed by atoms with Crippen molar-refractivity contribution in [2.75, 3.05) is 5.32 Å². The highest BCUT2D eigenvalue weighted by molar-refractivity contribution is 6.02. The first-order chi connectivity index (χ1) is 13.0. The molecular formula is C21H20F2N2O2. The number of benzene rings is 2. The highest BCUT2D eigenvalue weighted by Gasteiger charge is 2.21. The van der Waals surface area contributed by atoms with E-state index in [-0.39, 0.29) is 12.1 Å². The molecule has 3 N–H and O–H groups in total. The van der Waals surface area contributed by atoms with E-state index in [0.717, 1.165) is 12.8 Å². The van der Waals surface area contributed by atoms with E-state index in [1.165, 1.54) is 18.2 Å². The van der Waals surface area contributed by atoms with Crippen LogP contribution in [0.1, 0.15) is 25.7 Å². The fourth-order valence-electron chi connectivity index (χ4n) is 3.68. The summed E-state index contributed by atoms with van der Waals surface area (Å²) in [5, 5.41) is 23.4. The second kappa shape index (κ2) is 7.12. The standard InChI is InChI=1S/C21H20F2N2O2/c22-17-3-1-2-15-16(12-4-9-19(27)18(23)10-12)11-24-21(20(15)17)25-13-5-7-14(26)8-6-13/h1-4,9-11,13-14,26-27H,5-8H2,(H,24,25). The van der Waals surface area contributed by atoms with Crippen LogP contribution in [0.4, 0.5) is 14.6 Å². The van der Waals surface area contributed by atoms with Crippen LogP contribution in [0.5, 0.6) is 5.75 Å². The second-order valence-corrected chi connectivity index (χ2v) is 7.00. The third-order valence-electron chi connectivity index (χ3n) is 5.16. The number of pyridine rings is 1. The topological polar surface area (TPSA) is 65.4 Å². The number of hydrogen-bond acceptors (Lipinski definition) is 4. The monoisotopic (exact) mass is 370 g/mol. The Hall–Kier alpha value is -2.73. The zero-order chi connectivity index (χ0) is 19.0. The average Bonchev–Trinajstić information content (AvgIpc) is 2.66. The van der Waals surface area contributed by atoms with Crippen molar-refractivity contribution in [3.05, 3.63) is 54.2 Å². The van der Waals surface area contributed by atoms with Crippen molar-refractivity contribution >= 4 is 16.6 Å². The van der Waals surface area contributed by atoms with Crippen LogP contribution in [0.3, 0.4) is 0 Å². The average molecular weight is 370 g/mol. The number of halogens is 2. The molecule has 1 aliphatic rings. The first kappa shape index (κ1) is 17.7. The van der Waals surface area contributed by atoms with Gasteiger partial charge in [0.05, 0.1) is 11.5 Å². The van der Waals surface area contributed by atoms with Gasteiger partial charge in [-0.15, -0.1) is 0 Å². The minimum atomic E-state index is -0.736. The Balaban J connectivity index is 1.78. The first-order valence-corrected chi connectivity index (χ1v) is 9.03. The normalized spacial score (nSPS) is 20.0. The maximum absolute atomic E-state index is 14.7. The number of aromatic nitrogens is 1. The number of anilines is 1. The van der Waals surface area contributed by atoms with Gasteiger partial charge < -0.3 is 15.5 Å². The molecule has 0 amide bonds. The Labute approximate surface area is 155 Å². The van der Waals surface area contributed by atoms with E-state index < -0.39 is 17.4 Å². The van der Waals surface area contributed by atoms with Gasteiger partial charge in [0.1, 0.15) is 11.6 Å². The van der Waals surface area contributed by atoms with Crippen molar-refractivity contribution in [1.82, 2.24) is 4.98 Å². The SMILES string of the molecule is Oc1ccc(-c2cnc(NC3CCC(O)CC3)c3c(F)cccc23)cc1F. The van der Waals surface area contributed by atoms with Crippen LogP contribution in [-0.4, -0.2) is 27.3 Å². The number of phenols is 1. The molecule has 1 aromatic heterocycles. The third-order valence-corrected chi connectivity index (χ3v) is 5.16. The summed E-state index contributed by atoms with van der Waals surface area (Å²) >= 11 is 0. The third kappa shape index (κ3) is 3.45. The first-order valence-electron chi connectivity index (χ1n) is 9.03. The van der Waals surface area contributed by atoms with Gasteiger partial charge in [-0.05, 0) is 54.8 Å². The molecule has 4 rings (SSSR count). The fourth-order valence-corrected chi connectivity index (χ4v) is 3.68. The molecule has 27 heavy (non-hydrogen) atoms. The molecule has 0 bridgehead atoms. The van der Waals surface area contributed by atoms with Gasteiger partial charge in [0.25, 0.3) is 0 Å². The fraction of sp³-hybridized carbons (Fsp3) is 0.286. The van der Waals surface area contributed by atoms with Crippen molar-refractivity contribution in [1.29, 1.82) is 0 Å². The van der Waals surface area contributed by atoms with Crippen molar-refractivity contribution in [2.24, 2.45) is 0 Å². The number of nitrogens with zero attached hydrogens (tertiary/aromatic N) is 1. The van der Waals surface area contributed by atoms with Crippen molar-refractivity contribution in [2.45, 2.75) is 37.8 Å². The summed E-state index contributed by atoms with van der Waals surface area (Å²) in [5.41, 5.74) is 1.11. The number of rotatable bonds is 3. The summed E-state index contributed by atoms with van der Waals surface area (Å²) < 4.78 is 28.5. The summed E-state index contributed by atoms with van der Waals surface area (Å²) in [6.07, 6.45) is 4.34. The summed E-state index contributed by atoms with van der Waals surface area (Å²) in [5.74, 6) is -1.12. The molecule has 140 valence electrons. The maximum atomic E-state index is 14.7. The Morgan fingerprint density at radius 3 is 2.52 bits per heavy atom. The zero-order valence-electron chi connectivity index (χ0n) is 14.6. The van der Waals surface area contributed by atoms with E-state index >= 15 is 0 Å². The van der Waals surface area contributed by atoms with Crippen molar-refractivity contribution in [3.63, 3.8) is 0 Å². The van der Waals surface area contributed by atoms with Gasteiger partial charge in [-0.25, -0.2) is 13.8 Å². The maximum Gasteiger partial charge on any atom is 0.165 e. The molecule has 1 aliphatic carbocycles. The molecule has 4 nitrogen and oxygen atoms in total. The van der Waals surface area contributed by atoms with Crippen LogP contribution in [0, 0.1) is 11.6 Å². The lowest BCUT2D eigenvalue weighted by molar-refractivity contribution is 0.126. The molecule has 0 unspecified atom stereocenters. The Morgan fingerprint density at radius 1 is 1.00 bits per heavy atom.